The predicted octanol–water partition coefficient (Wildman–Crippen LogP) is 7.13. The van der Waals surface area contributed by atoms with Crippen LogP contribution in [0, 0.1) is 11.3 Å². The van der Waals surface area contributed by atoms with Gasteiger partial charge >= 0.3 is 5.97 Å². The largest absolute Gasteiger partial charge is 0.458 e. The number of hydrogen-bond acceptors (Lipinski definition) is 5. The molecule has 2 unspecified atom stereocenters. The molecule has 0 bridgehead atoms. The molecule has 2 heterocycles. The van der Waals surface area contributed by atoms with Crippen LogP contribution < -0.4 is 4.90 Å². The van der Waals surface area contributed by atoms with Crippen LogP contribution in [0.4, 0.5) is 5.69 Å². The molecular weight excluding hydrogens is 508 g/mol. The molecule has 5 rings (SSSR count). The lowest BCUT2D eigenvalue weighted by Gasteiger charge is -2.44. The number of nitrogens with zero attached hydrogens (tertiary/aromatic N) is 2. The summed E-state index contributed by atoms with van der Waals surface area (Å²) in [4.78, 5) is 32.5. The molecule has 3 aromatic carbocycles. The second kappa shape index (κ2) is 11.9. The lowest BCUT2D eigenvalue weighted by molar-refractivity contribution is -0.181. The Morgan fingerprint density at radius 1 is 0.854 bits per heavy atom. The third-order valence-corrected chi connectivity index (χ3v) is 8.54. The van der Waals surface area contributed by atoms with Crippen molar-refractivity contribution in [2.24, 2.45) is 11.3 Å². The standard InChI is InChI=1S/C36H42N2O3/c1-35(2,3)33(29-16-11-17-30(24-29)38-23-22-37(4)26-38)32-31(39)25-36(41-34(32)40,20-18-27-12-7-5-8-13-27)21-19-28-14-9-6-10-15-28/h5-17,22-24,32-33H,18-21,25-26H2,1-4H3. The fraction of sp³-hybridized carbons (Fsp3) is 0.389. The molecular formula is C36H42N2O3. The Kier molecular flexibility index (Phi) is 8.35. The van der Waals surface area contributed by atoms with Crippen LogP contribution in [0.25, 0.3) is 0 Å². The Labute approximate surface area is 244 Å². The Morgan fingerprint density at radius 3 is 1.98 bits per heavy atom. The van der Waals surface area contributed by atoms with Crippen LogP contribution >= 0.6 is 0 Å². The highest BCUT2D eigenvalue weighted by molar-refractivity contribution is 6.02. The first-order chi connectivity index (χ1) is 19.6. The lowest BCUT2D eigenvalue weighted by atomic mass is 9.65. The molecule has 0 radical (unpaired) electrons. The van der Waals surface area contributed by atoms with Crippen molar-refractivity contribution in [3.8, 4) is 0 Å². The number of esters is 1. The number of ketones is 1. The van der Waals surface area contributed by atoms with Crippen LogP contribution in [-0.2, 0) is 27.2 Å². The van der Waals surface area contributed by atoms with E-state index in [9.17, 15) is 9.59 Å². The van der Waals surface area contributed by atoms with Gasteiger partial charge in [0.25, 0.3) is 0 Å². The number of Topliss-reactive ketones (excluding diaryl/α,β-unsaturated/α-hetero) is 1. The molecule has 1 saturated heterocycles. The Bertz CT molecular complexity index is 1310. The zero-order valence-electron chi connectivity index (χ0n) is 24.8. The highest BCUT2D eigenvalue weighted by atomic mass is 16.6. The van der Waals surface area contributed by atoms with E-state index in [1.165, 1.54) is 11.1 Å². The van der Waals surface area contributed by atoms with Gasteiger partial charge in [-0.15, -0.1) is 0 Å². The van der Waals surface area contributed by atoms with E-state index in [1.54, 1.807) is 0 Å². The van der Waals surface area contributed by atoms with Crippen LogP contribution in [0.3, 0.4) is 0 Å². The van der Waals surface area contributed by atoms with Gasteiger partial charge < -0.3 is 14.5 Å². The fourth-order valence-corrected chi connectivity index (χ4v) is 6.42. The van der Waals surface area contributed by atoms with Crippen molar-refractivity contribution in [1.82, 2.24) is 4.90 Å². The summed E-state index contributed by atoms with van der Waals surface area (Å²) in [6, 6.07) is 28.8. The normalized spacial score (nSPS) is 19.4. The summed E-state index contributed by atoms with van der Waals surface area (Å²) in [5.41, 5.74) is 3.27. The molecule has 0 aliphatic carbocycles. The van der Waals surface area contributed by atoms with Gasteiger partial charge in [-0.2, -0.15) is 0 Å². The lowest BCUT2D eigenvalue weighted by Crippen LogP contribution is -2.51. The number of hydrogen-bond donors (Lipinski definition) is 0. The minimum absolute atomic E-state index is 0.00602. The summed E-state index contributed by atoms with van der Waals surface area (Å²) in [6.45, 7) is 7.10. The first kappa shape index (κ1) is 28.7. The summed E-state index contributed by atoms with van der Waals surface area (Å²) in [6.07, 6.45) is 7.10. The van der Waals surface area contributed by atoms with Gasteiger partial charge in [0, 0.05) is 37.5 Å². The average molecular weight is 551 g/mol. The maximum atomic E-state index is 14.2. The molecule has 0 aromatic heterocycles. The molecule has 3 aromatic rings. The molecule has 1 fully saturated rings. The van der Waals surface area contributed by atoms with Crippen LogP contribution in [0.15, 0.2) is 97.3 Å². The van der Waals surface area contributed by atoms with Gasteiger partial charge in [0.05, 0.1) is 6.67 Å². The second-order valence-electron chi connectivity index (χ2n) is 12.8. The smallest absolute Gasteiger partial charge is 0.317 e. The number of aryl methyl sites for hydroxylation is 2. The quantitative estimate of drug-likeness (QED) is 0.209. The van der Waals surface area contributed by atoms with E-state index in [2.05, 4.69) is 79.2 Å². The van der Waals surface area contributed by atoms with Crippen LogP contribution in [-0.4, -0.2) is 36.0 Å². The van der Waals surface area contributed by atoms with Crippen molar-refractivity contribution in [2.75, 3.05) is 18.6 Å². The van der Waals surface area contributed by atoms with Crippen molar-refractivity contribution in [3.63, 3.8) is 0 Å². The van der Waals surface area contributed by atoms with E-state index < -0.39 is 11.5 Å². The molecule has 5 heteroatoms. The van der Waals surface area contributed by atoms with Gasteiger partial charge in [-0.1, -0.05) is 93.6 Å². The van der Waals surface area contributed by atoms with Crippen molar-refractivity contribution in [1.29, 1.82) is 0 Å². The monoisotopic (exact) mass is 550 g/mol. The number of ether oxygens (including phenoxy) is 1. The summed E-state index contributed by atoms with van der Waals surface area (Å²) in [7, 11) is 2.04. The topological polar surface area (TPSA) is 49.9 Å². The molecule has 5 nitrogen and oxygen atoms in total. The van der Waals surface area contributed by atoms with Gasteiger partial charge in [0.1, 0.15) is 11.5 Å². The van der Waals surface area contributed by atoms with Gasteiger partial charge in [-0.3, -0.25) is 9.59 Å². The molecule has 2 aliphatic heterocycles. The summed E-state index contributed by atoms with van der Waals surface area (Å²) < 4.78 is 6.45. The highest BCUT2D eigenvalue weighted by Gasteiger charge is 2.51. The fourth-order valence-electron chi connectivity index (χ4n) is 6.42. The van der Waals surface area contributed by atoms with E-state index in [-0.39, 0.29) is 29.5 Å². The molecule has 0 saturated carbocycles. The minimum Gasteiger partial charge on any atom is -0.458 e. The Morgan fingerprint density at radius 2 is 1.46 bits per heavy atom. The number of carbonyl (C=O) groups excluding carboxylic acids is 2. The van der Waals surface area contributed by atoms with Crippen molar-refractivity contribution < 1.29 is 14.3 Å². The van der Waals surface area contributed by atoms with Crippen molar-refractivity contribution in [2.45, 2.75) is 64.4 Å². The number of rotatable bonds is 9. The van der Waals surface area contributed by atoms with Crippen LogP contribution in [0.5, 0.6) is 0 Å². The Hall–Kier alpha value is -3.86. The maximum absolute atomic E-state index is 14.2. The van der Waals surface area contributed by atoms with Crippen molar-refractivity contribution in [3.05, 3.63) is 114 Å². The molecule has 2 atom stereocenters. The van der Waals surface area contributed by atoms with Gasteiger partial charge in [-0.05, 0) is 59.9 Å². The molecule has 0 spiro atoms. The SMILES string of the molecule is CN1C=CN(c2cccc(C(C3C(=O)CC(CCc4ccccc4)(CCc4ccccc4)OC3=O)C(C)(C)C)c2)C1. The number of anilines is 1. The average Bonchev–Trinajstić information content (AvgIpc) is 3.40. The Balaban J connectivity index is 1.42. The predicted molar refractivity (Wildman–Crippen MR) is 164 cm³/mol. The van der Waals surface area contributed by atoms with Crippen LogP contribution in [0.2, 0.25) is 0 Å². The van der Waals surface area contributed by atoms with E-state index in [4.69, 9.17) is 4.74 Å². The van der Waals surface area contributed by atoms with E-state index in [0.29, 0.717) is 12.8 Å². The molecule has 214 valence electrons. The van der Waals surface area contributed by atoms with Gasteiger partial charge in [0.15, 0.2) is 5.78 Å². The van der Waals surface area contributed by atoms with Gasteiger partial charge in [-0.25, -0.2) is 0 Å². The third-order valence-electron chi connectivity index (χ3n) is 8.54. The summed E-state index contributed by atoms with van der Waals surface area (Å²) >= 11 is 0. The maximum Gasteiger partial charge on any atom is 0.317 e. The zero-order chi connectivity index (χ0) is 29.0. The molecule has 41 heavy (non-hydrogen) atoms. The van der Waals surface area contributed by atoms with Gasteiger partial charge in [0.2, 0.25) is 0 Å². The first-order valence-electron chi connectivity index (χ1n) is 14.7. The second-order valence-corrected chi connectivity index (χ2v) is 12.8. The molecule has 0 N–H and O–H groups in total. The molecule has 0 amide bonds. The third kappa shape index (κ3) is 6.73. The first-order valence-corrected chi connectivity index (χ1v) is 14.7. The number of cyclic esters (lactones) is 1. The van der Waals surface area contributed by atoms with E-state index in [0.717, 1.165) is 30.8 Å². The van der Waals surface area contributed by atoms with E-state index >= 15 is 0 Å². The summed E-state index contributed by atoms with van der Waals surface area (Å²) in [5.74, 6) is -1.52. The summed E-state index contributed by atoms with van der Waals surface area (Å²) in [5, 5.41) is 0. The zero-order valence-corrected chi connectivity index (χ0v) is 24.8. The number of benzene rings is 3. The highest BCUT2D eigenvalue weighted by Crippen LogP contribution is 2.47. The molecule has 2 aliphatic rings. The van der Waals surface area contributed by atoms with Crippen LogP contribution in [0.1, 0.15) is 62.6 Å². The van der Waals surface area contributed by atoms with E-state index in [1.807, 2.05) is 55.7 Å². The van der Waals surface area contributed by atoms with Crippen molar-refractivity contribution >= 4 is 17.4 Å². The number of carbonyl (C=O) groups is 2. The minimum atomic E-state index is -0.830.